The quantitative estimate of drug-likeness (QED) is 0.740. The molecule has 0 atom stereocenters. The summed E-state index contributed by atoms with van der Waals surface area (Å²) in [5, 5.41) is 0. The Hall–Kier alpha value is -2.26. The number of piperidine rings is 1. The van der Waals surface area contributed by atoms with Gasteiger partial charge in [-0.15, -0.1) is 0 Å². The highest BCUT2D eigenvalue weighted by atomic mass is 32.2. The molecular weight excluding hydrogens is 390 g/mol. The molecule has 4 heterocycles. The van der Waals surface area contributed by atoms with E-state index in [1.54, 1.807) is 6.20 Å². The molecule has 9 heteroatoms. The van der Waals surface area contributed by atoms with Crippen molar-refractivity contribution >= 4 is 21.6 Å². The molecule has 2 aliphatic heterocycles. The van der Waals surface area contributed by atoms with Crippen molar-refractivity contribution in [3.05, 3.63) is 41.3 Å². The zero-order valence-corrected chi connectivity index (χ0v) is 17.9. The number of aromatic nitrogens is 3. The van der Waals surface area contributed by atoms with Gasteiger partial charge in [0.25, 0.3) is 0 Å². The van der Waals surface area contributed by atoms with Gasteiger partial charge in [-0.05, 0) is 36.5 Å². The predicted molar refractivity (Wildman–Crippen MR) is 112 cm³/mol. The number of anilines is 2. The molecule has 0 radical (unpaired) electrons. The summed E-state index contributed by atoms with van der Waals surface area (Å²) in [5.74, 6) is 1.59. The fourth-order valence-corrected chi connectivity index (χ4v) is 4.86. The monoisotopic (exact) mass is 417 g/mol. The Kier molecular flexibility index (Phi) is 5.20. The van der Waals surface area contributed by atoms with E-state index in [4.69, 9.17) is 9.72 Å². The highest BCUT2D eigenvalue weighted by Gasteiger charge is 2.43. The Balaban J connectivity index is 1.51. The molecule has 2 aliphatic rings. The van der Waals surface area contributed by atoms with Crippen LogP contribution in [0.25, 0.3) is 0 Å². The smallest absolute Gasteiger partial charge is 0.225 e. The van der Waals surface area contributed by atoms with Crippen molar-refractivity contribution in [2.24, 2.45) is 0 Å². The van der Waals surface area contributed by atoms with Crippen LogP contribution in [0.3, 0.4) is 0 Å². The second kappa shape index (κ2) is 7.53. The van der Waals surface area contributed by atoms with E-state index >= 15 is 0 Å². The van der Waals surface area contributed by atoms with Gasteiger partial charge in [0.15, 0.2) is 9.84 Å². The van der Waals surface area contributed by atoms with Crippen LogP contribution in [-0.4, -0.2) is 63.4 Å². The van der Waals surface area contributed by atoms with Gasteiger partial charge in [0.05, 0.1) is 18.1 Å². The lowest BCUT2D eigenvalue weighted by Gasteiger charge is -2.44. The van der Waals surface area contributed by atoms with Crippen LogP contribution in [0.1, 0.15) is 29.7 Å². The molecule has 0 aromatic carbocycles. The molecule has 2 aromatic rings. The molecule has 0 unspecified atom stereocenters. The van der Waals surface area contributed by atoms with Gasteiger partial charge in [-0.25, -0.2) is 23.4 Å². The lowest BCUT2D eigenvalue weighted by atomic mass is 9.83. The third kappa shape index (κ3) is 4.20. The molecule has 2 aromatic heterocycles. The first-order chi connectivity index (χ1) is 13.8. The lowest BCUT2D eigenvalue weighted by molar-refractivity contribution is -0.0801. The molecule has 156 valence electrons. The molecule has 1 spiro atoms. The zero-order valence-electron chi connectivity index (χ0n) is 17.1. The third-order valence-electron chi connectivity index (χ3n) is 5.57. The molecule has 0 amide bonds. The van der Waals surface area contributed by atoms with Gasteiger partial charge in [-0.2, -0.15) is 0 Å². The Morgan fingerprint density at radius 3 is 2.55 bits per heavy atom. The van der Waals surface area contributed by atoms with E-state index in [-0.39, 0.29) is 11.4 Å². The number of pyridine rings is 1. The maximum atomic E-state index is 11.5. The van der Waals surface area contributed by atoms with Crippen molar-refractivity contribution in [1.82, 2.24) is 15.0 Å². The molecule has 0 N–H and O–H groups in total. The molecule has 4 rings (SSSR count). The highest BCUT2D eigenvalue weighted by molar-refractivity contribution is 7.89. The van der Waals surface area contributed by atoms with Gasteiger partial charge in [0.1, 0.15) is 11.4 Å². The summed E-state index contributed by atoms with van der Waals surface area (Å²) >= 11 is 0. The van der Waals surface area contributed by atoms with Crippen molar-refractivity contribution < 1.29 is 13.2 Å². The van der Waals surface area contributed by atoms with Gasteiger partial charge in [-0.1, -0.05) is 6.07 Å². The van der Waals surface area contributed by atoms with Crippen LogP contribution in [0.2, 0.25) is 0 Å². The van der Waals surface area contributed by atoms with E-state index in [2.05, 4.69) is 14.9 Å². The highest BCUT2D eigenvalue weighted by Crippen LogP contribution is 2.41. The lowest BCUT2D eigenvalue weighted by Crippen LogP contribution is -2.47. The van der Waals surface area contributed by atoms with E-state index in [1.165, 1.54) is 11.8 Å². The Labute approximate surface area is 171 Å². The summed E-state index contributed by atoms with van der Waals surface area (Å²) in [5.41, 5.74) is 2.55. The summed E-state index contributed by atoms with van der Waals surface area (Å²) in [6, 6.07) is 3.75. The number of rotatable bonds is 4. The summed E-state index contributed by atoms with van der Waals surface area (Å²) < 4.78 is 29.2. The first kappa shape index (κ1) is 20.0. The van der Waals surface area contributed by atoms with E-state index in [0.717, 1.165) is 43.9 Å². The number of hydrogen-bond donors (Lipinski definition) is 0. The van der Waals surface area contributed by atoms with Gasteiger partial charge in [0, 0.05) is 45.8 Å². The number of sulfone groups is 1. The van der Waals surface area contributed by atoms with Crippen LogP contribution in [0, 0.1) is 0 Å². The minimum Gasteiger partial charge on any atom is -0.368 e. The second-order valence-corrected chi connectivity index (χ2v) is 10.3. The van der Waals surface area contributed by atoms with Gasteiger partial charge in [0.2, 0.25) is 5.95 Å². The minimum atomic E-state index is -3.06. The fraction of sp³-hybridized carbons (Fsp3) is 0.550. The molecule has 0 saturated carbocycles. The summed E-state index contributed by atoms with van der Waals surface area (Å²) in [7, 11) is 0.831. The number of fused-ring (bicyclic) bond motifs is 2. The fourth-order valence-electron chi connectivity index (χ4n) is 4.09. The first-order valence-electron chi connectivity index (χ1n) is 9.81. The predicted octanol–water partition coefficient (Wildman–Crippen LogP) is 1.55. The van der Waals surface area contributed by atoms with Crippen LogP contribution in [0.15, 0.2) is 24.5 Å². The van der Waals surface area contributed by atoms with Gasteiger partial charge < -0.3 is 14.5 Å². The summed E-state index contributed by atoms with van der Waals surface area (Å²) in [6.45, 7) is 2.30. The van der Waals surface area contributed by atoms with Gasteiger partial charge in [-0.3, -0.25) is 0 Å². The van der Waals surface area contributed by atoms with E-state index in [9.17, 15) is 8.42 Å². The SMILES string of the molecule is CN(C)c1ncc2c(n1)C1(CCN(c3ccc(CS(C)(=O)=O)cn3)CC1)OCC2. The first-order valence-corrected chi connectivity index (χ1v) is 11.9. The van der Waals surface area contributed by atoms with E-state index < -0.39 is 9.84 Å². The van der Waals surface area contributed by atoms with Crippen molar-refractivity contribution in [2.45, 2.75) is 30.6 Å². The largest absolute Gasteiger partial charge is 0.368 e. The van der Waals surface area contributed by atoms with Crippen molar-refractivity contribution in [3.8, 4) is 0 Å². The van der Waals surface area contributed by atoms with Crippen LogP contribution in [-0.2, 0) is 32.3 Å². The Bertz CT molecular complexity index is 984. The average Bonchev–Trinajstić information content (AvgIpc) is 2.68. The van der Waals surface area contributed by atoms with Crippen LogP contribution >= 0.6 is 0 Å². The number of hydrogen-bond acceptors (Lipinski definition) is 8. The molecular formula is C20H27N5O3S. The number of nitrogens with zero attached hydrogens (tertiary/aromatic N) is 5. The molecule has 1 fully saturated rings. The summed E-state index contributed by atoms with van der Waals surface area (Å²) in [4.78, 5) is 17.9. The molecule has 29 heavy (non-hydrogen) atoms. The molecule has 0 aliphatic carbocycles. The van der Waals surface area contributed by atoms with Crippen molar-refractivity contribution in [1.29, 1.82) is 0 Å². The Morgan fingerprint density at radius 1 is 1.17 bits per heavy atom. The second-order valence-electron chi connectivity index (χ2n) is 8.11. The number of ether oxygens (including phenoxy) is 1. The average molecular weight is 418 g/mol. The standard InChI is InChI=1S/C20H27N5O3S/c1-24(2)19-22-13-16-6-11-28-20(18(16)23-19)7-9-25(10-8-20)17-5-4-15(12-21-17)14-29(3,26)27/h4-5,12-13H,6-11,14H2,1-3H3. The maximum Gasteiger partial charge on any atom is 0.225 e. The normalized spacial score (nSPS) is 18.5. The topological polar surface area (TPSA) is 88.5 Å². The Morgan fingerprint density at radius 2 is 1.93 bits per heavy atom. The molecule has 1 saturated heterocycles. The van der Waals surface area contributed by atoms with Crippen LogP contribution in [0.4, 0.5) is 11.8 Å². The van der Waals surface area contributed by atoms with E-state index in [1.807, 2.05) is 37.3 Å². The van der Waals surface area contributed by atoms with Crippen molar-refractivity contribution in [2.75, 3.05) is 49.8 Å². The zero-order chi connectivity index (χ0) is 20.6. The van der Waals surface area contributed by atoms with Crippen LogP contribution in [0.5, 0.6) is 0 Å². The van der Waals surface area contributed by atoms with Crippen LogP contribution < -0.4 is 9.80 Å². The van der Waals surface area contributed by atoms with E-state index in [0.29, 0.717) is 18.1 Å². The maximum absolute atomic E-state index is 11.5. The molecule has 0 bridgehead atoms. The molecule has 8 nitrogen and oxygen atoms in total. The summed E-state index contributed by atoms with van der Waals surface area (Å²) in [6.07, 6.45) is 7.34. The van der Waals surface area contributed by atoms with Gasteiger partial charge >= 0.3 is 0 Å². The third-order valence-corrected chi connectivity index (χ3v) is 6.42. The minimum absolute atomic E-state index is 0.0158. The van der Waals surface area contributed by atoms with Crippen molar-refractivity contribution in [3.63, 3.8) is 0 Å².